The lowest BCUT2D eigenvalue weighted by Crippen LogP contribution is -2.42. The standard InChI is InChI=1S/C21H29NO3SSi/c1-16-12-14-18(15-13-16)26(23,24)22-19(17-10-8-7-9-11-17)20(22)25-27(5,6)21(2,3)4/h7-15,19-20H,1-6H3/t19-,20-,22?/m1/s1. The molecule has 3 rings (SSSR count). The Kier molecular flexibility index (Phi) is 5.14. The van der Waals surface area contributed by atoms with Gasteiger partial charge in [-0.1, -0.05) is 68.8 Å². The molecule has 1 fully saturated rings. The van der Waals surface area contributed by atoms with E-state index in [1.165, 1.54) is 4.31 Å². The molecule has 146 valence electrons. The summed E-state index contributed by atoms with van der Waals surface area (Å²) < 4.78 is 34.6. The summed E-state index contributed by atoms with van der Waals surface area (Å²) in [5, 5.41) is 0.0100. The van der Waals surface area contributed by atoms with Crippen molar-refractivity contribution >= 4 is 18.3 Å². The fraction of sp³-hybridized carbons (Fsp3) is 0.429. The molecule has 0 spiro atoms. The van der Waals surface area contributed by atoms with Crippen LogP contribution in [0.5, 0.6) is 0 Å². The quantitative estimate of drug-likeness (QED) is 0.516. The zero-order valence-corrected chi connectivity index (χ0v) is 18.7. The maximum absolute atomic E-state index is 13.3. The van der Waals surface area contributed by atoms with Gasteiger partial charge in [0.2, 0.25) is 10.0 Å². The van der Waals surface area contributed by atoms with E-state index in [-0.39, 0.29) is 11.1 Å². The summed E-state index contributed by atoms with van der Waals surface area (Å²) in [6.07, 6.45) is -0.445. The van der Waals surface area contributed by atoms with Crippen molar-refractivity contribution in [3.63, 3.8) is 0 Å². The molecular weight excluding hydrogens is 374 g/mol. The van der Waals surface area contributed by atoms with E-state index in [4.69, 9.17) is 4.43 Å². The second-order valence-corrected chi connectivity index (χ2v) is 15.4. The van der Waals surface area contributed by atoms with Crippen LogP contribution in [0.4, 0.5) is 0 Å². The van der Waals surface area contributed by atoms with Crippen LogP contribution in [0.3, 0.4) is 0 Å². The van der Waals surface area contributed by atoms with E-state index < -0.39 is 24.6 Å². The average Bonchev–Trinajstić information content (AvgIpc) is 3.29. The van der Waals surface area contributed by atoms with Crippen molar-refractivity contribution in [3.05, 3.63) is 65.7 Å². The molecule has 4 nitrogen and oxygen atoms in total. The summed E-state index contributed by atoms with van der Waals surface area (Å²) in [5.41, 5.74) is 2.00. The van der Waals surface area contributed by atoms with Gasteiger partial charge in [-0.05, 0) is 42.8 Å². The second kappa shape index (κ2) is 6.85. The molecule has 1 unspecified atom stereocenters. The molecule has 1 heterocycles. The van der Waals surface area contributed by atoms with Gasteiger partial charge in [-0.15, -0.1) is 0 Å². The number of rotatable bonds is 5. The first-order valence-corrected chi connectivity index (χ1v) is 13.6. The van der Waals surface area contributed by atoms with Crippen LogP contribution in [0.25, 0.3) is 0 Å². The molecule has 0 saturated carbocycles. The van der Waals surface area contributed by atoms with E-state index in [9.17, 15) is 8.42 Å². The SMILES string of the molecule is Cc1ccc(S(=O)(=O)N2[C@H](O[Si](C)(C)C(C)(C)C)[C@H]2c2ccccc2)cc1. The van der Waals surface area contributed by atoms with Crippen LogP contribution < -0.4 is 0 Å². The van der Waals surface area contributed by atoms with Crippen molar-refractivity contribution < 1.29 is 12.8 Å². The third-order valence-corrected chi connectivity index (χ3v) is 12.0. The van der Waals surface area contributed by atoms with Gasteiger partial charge in [-0.2, -0.15) is 4.31 Å². The topological polar surface area (TPSA) is 46.4 Å². The maximum Gasteiger partial charge on any atom is 0.245 e. The molecule has 6 heteroatoms. The van der Waals surface area contributed by atoms with Crippen molar-refractivity contribution in [1.29, 1.82) is 0 Å². The average molecular weight is 404 g/mol. The van der Waals surface area contributed by atoms with Gasteiger partial charge in [0.05, 0.1) is 10.9 Å². The number of aryl methyl sites for hydroxylation is 1. The summed E-state index contributed by atoms with van der Waals surface area (Å²) in [4.78, 5) is 0.315. The molecule has 0 N–H and O–H groups in total. The Morgan fingerprint density at radius 2 is 1.52 bits per heavy atom. The minimum Gasteiger partial charge on any atom is -0.399 e. The number of hydrogen-bond acceptors (Lipinski definition) is 3. The van der Waals surface area contributed by atoms with E-state index in [2.05, 4.69) is 33.9 Å². The van der Waals surface area contributed by atoms with Gasteiger partial charge >= 0.3 is 0 Å². The highest BCUT2D eigenvalue weighted by molar-refractivity contribution is 7.89. The second-order valence-electron chi connectivity index (χ2n) is 8.77. The summed E-state index contributed by atoms with van der Waals surface area (Å²) in [5.74, 6) is 0. The lowest BCUT2D eigenvalue weighted by Gasteiger charge is -2.36. The highest BCUT2D eigenvalue weighted by atomic mass is 32.2. The molecular formula is C21H29NO3SSi. The van der Waals surface area contributed by atoms with Gasteiger partial charge in [0.15, 0.2) is 8.32 Å². The van der Waals surface area contributed by atoms with Crippen LogP contribution in [0.2, 0.25) is 18.1 Å². The highest BCUT2D eigenvalue weighted by Gasteiger charge is 2.60. The van der Waals surface area contributed by atoms with Crippen LogP contribution >= 0.6 is 0 Å². The molecule has 1 aliphatic rings. The maximum atomic E-state index is 13.3. The van der Waals surface area contributed by atoms with Crippen LogP contribution in [0.1, 0.15) is 37.9 Å². The third kappa shape index (κ3) is 3.90. The van der Waals surface area contributed by atoms with Crippen molar-refractivity contribution in [1.82, 2.24) is 4.31 Å². The fourth-order valence-corrected chi connectivity index (χ4v) is 5.77. The molecule has 0 bridgehead atoms. The number of benzene rings is 2. The van der Waals surface area contributed by atoms with Crippen LogP contribution in [0, 0.1) is 6.92 Å². The van der Waals surface area contributed by atoms with E-state index in [0.29, 0.717) is 4.90 Å². The molecule has 3 atom stereocenters. The summed E-state index contributed by atoms with van der Waals surface area (Å²) in [6.45, 7) is 12.8. The van der Waals surface area contributed by atoms with Gasteiger partial charge in [0.1, 0.15) is 6.23 Å². The van der Waals surface area contributed by atoms with Crippen molar-refractivity contribution in [2.45, 2.75) is 63.0 Å². The van der Waals surface area contributed by atoms with Gasteiger partial charge in [-0.3, -0.25) is 0 Å². The summed E-state index contributed by atoms with van der Waals surface area (Å²) in [7, 11) is -5.73. The Morgan fingerprint density at radius 1 is 0.963 bits per heavy atom. The van der Waals surface area contributed by atoms with Gasteiger partial charge < -0.3 is 4.43 Å². The highest BCUT2D eigenvalue weighted by Crippen LogP contribution is 2.51. The largest absolute Gasteiger partial charge is 0.399 e. The third-order valence-electron chi connectivity index (χ3n) is 5.66. The monoisotopic (exact) mass is 403 g/mol. The molecule has 0 aliphatic carbocycles. The fourth-order valence-electron chi connectivity index (χ4n) is 2.87. The molecule has 0 aromatic heterocycles. The zero-order valence-electron chi connectivity index (χ0n) is 16.9. The van der Waals surface area contributed by atoms with E-state index in [1.54, 1.807) is 12.1 Å². The number of sulfonamides is 1. The van der Waals surface area contributed by atoms with E-state index >= 15 is 0 Å². The molecule has 1 saturated heterocycles. The minimum absolute atomic E-state index is 0.0100. The Labute approximate surface area is 164 Å². The van der Waals surface area contributed by atoms with Crippen LogP contribution in [-0.2, 0) is 14.4 Å². The molecule has 1 aliphatic heterocycles. The lowest BCUT2D eigenvalue weighted by molar-refractivity contribution is 0.240. The predicted octanol–water partition coefficient (Wildman–Crippen LogP) is 5.09. The minimum atomic E-state index is -3.62. The normalized spacial score (nSPS) is 23.3. The Balaban J connectivity index is 1.97. The smallest absolute Gasteiger partial charge is 0.245 e. The van der Waals surface area contributed by atoms with Crippen LogP contribution in [0.15, 0.2) is 59.5 Å². The van der Waals surface area contributed by atoms with Gasteiger partial charge in [0, 0.05) is 0 Å². The predicted molar refractivity (Wildman–Crippen MR) is 111 cm³/mol. The van der Waals surface area contributed by atoms with Gasteiger partial charge in [0.25, 0.3) is 0 Å². The van der Waals surface area contributed by atoms with Crippen molar-refractivity contribution in [2.75, 3.05) is 0 Å². The lowest BCUT2D eigenvalue weighted by atomic mass is 10.2. The first kappa shape index (κ1) is 20.3. The Hall–Kier alpha value is -1.47. The van der Waals surface area contributed by atoms with Crippen molar-refractivity contribution in [3.8, 4) is 0 Å². The summed E-state index contributed by atoms with van der Waals surface area (Å²) in [6, 6.07) is 16.5. The number of nitrogens with zero attached hydrogens (tertiary/aromatic N) is 1. The molecule has 0 amide bonds. The number of hydrogen-bond donors (Lipinski definition) is 0. The summed E-state index contributed by atoms with van der Waals surface area (Å²) >= 11 is 0. The first-order valence-electron chi connectivity index (χ1n) is 9.28. The molecule has 2 aromatic carbocycles. The Bertz CT molecular complexity index is 903. The molecule has 27 heavy (non-hydrogen) atoms. The zero-order chi connectivity index (χ0) is 20.0. The Morgan fingerprint density at radius 3 is 2.04 bits per heavy atom. The molecule has 0 radical (unpaired) electrons. The van der Waals surface area contributed by atoms with E-state index in [1.807, 2.05) is 49.4 Å². The van der Waals surface area contributed by atoms with Crippen LogP contribution in [-0.4, -0.2) is 27.3 Å². The molecule has 2 aromatic rings. The van der Waals surface area contributed by atoms with Gasteiger partial charge in [-0.25, -0.2) is 8.42 Å². The van der Waals surface area contributed by atoms with Crippen molar-refractivity contribution in [2.24, 2.45) is 0 Å². The first-order chi connectivity index (χ1) is 12.4. The van der Waals surface area contributed by atoms with E-state index in [0.717, 1.165) is 11.1 Å².